The first-order chi connectivity index (χ1) is 16.2. The molecular formula is C25H29N5O4. The van der Waals surface area contributed by atoms with Gasteiger partial charge in [-0.05, 0) is 38.0 Å². The highest BCUT2D eigenvalue weighted by molar-refractivity contribution is 5.90. The monoisotopic (exact) mass is 463 g/mol. The summed E-state index contributed by atoms with van der Waals surface area (Å²) in [6.45, 7) is 7.47. The molecule has 9 heteroatoms. The van der Waals surface area contributed by atoms with E-state index in [4.69, 9.17) is 9.47 Å². The molecule has 9 nitrogen and oxygen atoms in total. The molecule has 0 aliphatic carbocycles. The summed E-state index contributed by atoms with van der Waals surface area (Å²) >= 11 is 0. The summed E-state index contributed by atoms with van der Waals surface area (Å²) < 4.78 is 13.6. The lowest BCUT2D eigenvalue weighted by Gasteiger charge is -2.28. The molecule has 0 radical (unpaired) electrons. The molecule has 0 fully saturated rings. The number of aryl methyl sites for hydroxylation is 1. The Morgan fingerprint density at radius 2 is 1.94 bits per heavy atom. The average Bonchev–Trinajstić information content (AvgIpc) is 3.24. The van der Waals surface area contributed by atoms with Crippen molar-refractivity contribution < 1.29 is 14.3 Å². The van der Waals surface area contributed by atoms with Crippen LogP contribution in [0.25, 0.3) is 0 Å². The molecule has 2 heterocycles. The Kier molecular flexibility index (Phi) is 7.51. The SMILES string of the molecule is CCOC(=O)c1nc(C(C)C(c2cnn(C)c2)c2ccccc2C#N)n(C(C)C)c(=O)c1OC. The van der Waals surface area contributed by atoms with Crippen LogP contribution in [-0.4, -0.2) is 39.0 Å². The van der Waals surface area contributed by atoms with Gasteiger partial charge in [-0.25, -0.2) is 9.78 Å². The smallest absolute Gasteiger partial charge is 0.361 e. The van der Waals surface area contributed by atoms with Crippen LogP contribution in [0.15, 0.2) is 41.5 Å². The zero-order valence-electron chi connectivity index (χ0n) is 20.3. The summed E-state index contributed by atoms with van der Waals surface area (Å²) in [5.74, 6) is -1.25. The van der Waals surface area contributed by atoms with Crippen molar-refractivity contribution in [3.05, 3.63) is 75.2 Å². The predicted octanol–water partition coefficient (Wildman–Crippen LogP) is 3.55. The number of hydrogen-bond donors (Lipinski definition) is 0. The third kappa shape index (κ3) is 4.57. The molecule has 0 saturated heterocycles. The summed E-state index contributed by atoms with van der Waals surface area (Å²) in [4.78, 5) is 30.7. The molecule has 3 aromatic rings. The number of aromatic nitrogens is 4. The van der Waals surface area contributed by atoms with E-state index in [0.717, 1.165) is 11.1 Å². The number of ether oxygens (including phenoxy) is 2. The maximum absolute atomic E-state index is 13.4. The van der Waals surface area contributed by atoms with Gasteiger partial charge in [0.05, 0.1) is 31.5 Å². The van der Waals surface area contributed by atoms with E-state index in [0.29, 0.717) is 11.4 Å². The summed E-state index contributed by atoms with van der Waals surface area (Å²) in [5.41, 5.74) is 1.53. The topological polar surface area (TPSA) is 112 Å². The molecule has 34 heavy (non-hydrogen) atoms. The molecule has 0 amide bonds. The molecule has 2 unspecified atom stereocenters. The van der Waals surface area contributed by atoms with E-state index in [1.165, 1.54) is 11.7 Å². The molecule has 3 rings (SSSR count). The largest absolute Gasteiger partial charge is 0.489 e. The first-order valence-electron chi connectivity index (χ1n) is 11.1. The van der Waals surface area contributed by atoms with Crippen LogP contribution in [0.3, 0.4) is 0 Å². The third-order valence-electron chi connectivity index (χ3n) is 5.70. The average molecular weight is 464 g/mol. The third-order valence-corrected chi connectivity index (χ3v) is 5.70. The Balaban J connectivity index is 2.33. The minimum absolute atomic E-state index is 0.135. The van der Waals surface area contributed by atoms with Crippen molar-refractivity contribution in [2.24, 2.45) is 7.05 Å². The highest BCUT2D eigenvalue weighted by atomic mass is 16.5. The highest BCUT2D eigenvalue weighted by Crippen LogP contribution is 2.39. The fourth-order valence-electron chi connectivity index (χ4n) is 4.23. The van der Waals surface area contributed by atoms with E-state index in [1.807, 2.05) is 52.2 Å². The van der Waals surface area contributed by atoms with E-state index in [1.54, 1.807) is 23.9 Å². The molecule has 0 aliphatic rings. The van der Waals surface area contributed by atoms with Crippen LogP contribution in [0.4, 0.5) is 0 Å². The van der Waals surface area contributed by atoms with Gasteiger partial charge in [0.1, 0.15) is 5.82 Å². The van der Waals surface area contributed by atoms with Crippen molar-refractivity contribution in [1.29, 1.82) is 5.26 Å². The van der Waals surface area contributed by atoms with Crippen molar-refractivity contribution in [2.75, 3.05) is 13.7 Å². The van der Waals surface area contributed by atoms with Gasteiger partial charge in [-0.15, -0.1) is 0 Å². The Morgan fingerprint density at radius 1 is 1.24 bits per heavy atom. The lowest BCUT2D eigenvalue weighted by Crippen LogP contribution is -2.33. The lowest BCUT2D eigenvalue weighted by molar-refractivity contribution is 0.0513. The van der Waals surface area contributed by atoms with Crippen LogP contribution in [0.2, 0.25) is 0 Å². The predicted molar refractivity (Wildman–Crippen MR) is 126 cm³/mol. The summed E-state index contributed by atoms with van der Waals surface area (Å²) in [6, 6.07) is 9.32. The Labute approximate surface area is 198 Å². The lowest BCUT2D eigenvalue weighted by atomic mass is 9.80. The van der Waals surface area contributed by atoms with Crippen molar-refractivity contribution in [3.63, 3.8) is 0 Å². The van der Waals surface area contributed by atoms with Crippen LogP contribution in [-0.2, 0) is 11.8 Å². The number of hydrogen-bond acceptors (Lipinski definition) is 7. The molecule has 1 aromatic carbocycles. The van der Waals surface area contributed by atoms with Crippen molar-refractivity contribution in [1.82, 2.24) is 19.3 Å². The van der Waals surface area contributed by atoms with Crippen LogP contribution in [0.5, 0.6) is 5.75 Å². The van der Waals surface area contributed by atoms with E-state index in [9.17, 15) is 14.9 Å². The van der Waals surface area contributed by atoms with Gasteiger partial charge in [-0.2, -0.15) is 10.4 Å². The minimum atomic E-state index is -0.726. The molecule has 2 atom stereocenters. The molecule has 2 aromatic heterocycles. The number of nitrogens with zero attached hydrogens (tertiary/aromatic N) is 5. The fraction of sp³-hybridized carbons (Fsp3) is 0.400. The number of carbonyl (C=O) groups excluding carboxylic acids is 1. The molecule has 0 spiro atoms. The Bertz CT molecular complexity index is 1290. The molecule has 0 bridgehead atoms. The quantitative estimate of drug-likeness (QED) is 0.470. The number of carbonyl (C=O) groups is 1. The van der Waals surface area contributed by atoms with Gasteiger partial charge >= 0.3 is 5.97 Å². The van der Waals surface area contributed by atoms with Crippen LogP contribution < -0.4 is 10.3 Å². The number of methoxy groups -OCH3 is 1. The number of nitriles is 1. The summed E-state index contributed by atoms with van der Waals surface area (Å²) in [7, 11) is 3.15. The van der Waals surface area contributed by atoms with Crippen molar-refractivity contribution in [3.8, 4) is 11.8 Å². The Hall–Kier alpha value is -3.93. The van der Waals surface area contributed by atoms with Gasteiger partial charge in [-0.1, -0.05) is 25.1 Å². The maximum Gasteiger partial charge on any atom is 0.361 e. The van der Waals surface area contributed by atoms with Crippen LogP contribution in [0, 0.1) is 11.3 Å². The summed E-state index contributed by atoms with van der Waals surface area (Å²) in [6.07, 6.45) is 3.62. The zero-order chi connectivity index (χ0) is 25.0. The second kappa shape index (κ2) is 10.3. The maximum atomic E-state index is 13.4. The van der Waals surface area contributed by atoms with Crippen LogP contribution in [0.1, 0.15) is 78.6 Å². The Morgan fingerprint density at radius 3 is 2.50 bits per heavy atom. The van der Waals surface area contributed by atoms with Gasteiger partial charge in [0, 0.05) is 31.1 Å². The second-order valence-electron chi connectivity index (χ2n) is 8.25. The standard InChI is InChI=1S/C25H29N5O4/c1-7-34-25(32)21-22(33-6)24(31)30(15(2)3)23(28-21)16(4)20(18-13-27-29(5)14-18)19-11-9-8-10-17(19)12-26/h8-11,13-16,20H,7H2,1-6H3. The molecule has 0 aliphatic heterocycles. The number of rotatable bonds is 8. The van der Waals surface area contributed by atoms with Gasteiger partial charge in [0.15, 0.2) is 5.69 Å². The van der Waals surface area contributed by atoms with E-state index < -0.39 is 17.4 Å². The van der Waals surface area contributed by atoms with E-state index in [-0.39, 0.29) is 30.0 Å². The van der Waals surface area contributed by atoms with E-state index in [2.05, 4.69) is 16.2 Å². The number of benzene rings is 1. The van der Waals surface area contributed by atoms with Gasteiger partial charge < -0.3 is 9.47 Å². The first-order valence-corrected chi connectivity index (χ1v) is 11.1. The first kappa shape index (κ1) is 24.7. The summed E-state index contributed by atoms with van der Waals surface area (Å²) in [5, 5.41) is 14.1. The minimum Gasteiger partial charge on any atom is -0.489 e. The van der Waals surface area contributed by atoms with Gasteiger partial charge in [0.2, 0.25) is 5.75 Å². The molecule has 0 N–H and O–H groups in total. The molecular weight excluding hydrogens is 434 g/mol. The fourth-order valence-corrected chi connectivity index (χ4v) is 4.23. The van der Waals surface area contributed by atoms with Crippen molar-refractivity contribution >= 4 is 5.97 Å². The highest BCUT2D eigenvalue weighted by Gasteiger charge is 2.33. The molecule has 178 valence electrons. The van der Waals surface area contributed by atoms with E-state index >= 15 is 0 Å². The van der Waals surface area contributed by atoms with Gasteiger partial charge in [0.25, 0.3) is 5.56 Å². The van der Waals surface area contributed by atoms with Crippen LogP contribution >= 0.6 is 0 Å². The normalized spacial score (nSPS) is 12.8. The number of esters is 1. The van der Waals surface area contributed by atoms with Crippen molar-refractivity contribution in [2.45, 2.75) is 45.6 Å². The van der Waals surface area contributed by atoms with Gasteiger partial charge in [-0.3, -0.25) is 14.0 Å². The molecule has 0 saturated carbocycles. The zero-order valence-corrected chi connectivity index (χ0v) is 20.3. The second-order valence-corrected chi connectivity index (χ2v) is 8.25.